The molecule has 1 aliphatic rings. The van der Waals surface area contributed by atoms with Gasteiger partial charge in [-0.3, -0.25) is 33.6 Å². The minimum absolute atomic E-state index is 0.00656. The van der Waals surface area contributed by atoms with Crippen molar-refractivity contribution in [3.05, 3.63) is 135 Å². The molecule has 0 aliphatic carbocycles. The van der Waals surface area contributed by atoms with Crippen molar-refractivity contribution in [2.45, 2.75) is 128 Å². The first kappa shape index (κ1) is 61.2. The van der Waals surface area contributed by atoms with Crippen LogP contribution in [0, 0.1) is 25.6 Å². The maximum Gasteiger partial charge on any atom is 0.416 e. The molecule has 10 N–H and O–H groups in total. The molecule has 2 heterocycles. The summed E-state index contributed by atoms with van der Waals surface area (Å²) in [6, 6.07) is 8.35. The van der Waals surface area contributed by atoms with Gasteiger partial charge in [0.25, 0.3) is 0 Å². The first-order valence-corrected chi connectivity index (χ1v) is 25.8. The third-order valence-electron chi connectivity index (χ3n) is 13.6. The highest BCUT2D eigenvalue weighted by Gasteiger charge is 2.41. The SMILES string of the molecule is Cc1cc(O)cc(C)c1C[C@H](N)C(=O)N[C@@H](C)C(=O)NCC(=O)N[C@@H](Cc1ccc(F)cc1)C(=O)N1CCC[C@H]1C(=O)N[C@@H](CC(C)C)C(=O)N[C@@H](Cc1c[nH]c2ccccc12)C(=O)NCc1cc(C(F)(F)F)cc(C(F)(F)F)c1. The van der Waals surface area contributed by atoms with E-state index in [9.17, 15) is 69.4 Å². The Labute approximate surface area is 456 Å². The molecule has 430 valence electrons. The number of H-pyrrole nitrogens is 1. The van der Waals surface area contributed by atoms with Gasteiger partial charge in [0.15, 0.2) is 0 Å². The van der Waals surface area contributed by atoms with Crippen molar-refractivity contribution in [1.82, 2.24) is 41.8 Å². The maximum atomic E-state index is 14.5. The number of benzene rings is 4. The van der Waals surface area contributed by atoms with Crippen LogP contribution in [0.1, 0.15) is 84.5 Å². The van der Waals surface area contributed by atoms with Crippen LogP contribution in [0.15, 0.2) is 85.1 Å². The van der Waals surface area contributed by atoms with E-state index in [-0.39, 0.29) is 56.4 Å². The number of aromatic amines is 1. The van der Waals surface area contributed by atoms with Gasteiger partial charge in [-0.1, -0.05) is 44.2 Å². The number of halogens is 7. The average molecular weight is 1120 g/mol. The summed E-state index contributed by atoms with van der Waals surface area (Å²) in [6.07, 6.45) is -8.62. The number of nitrogens with one attached hydrogen (secondary N) is 7. The molecule has 1 saturated heterocycles. The zero-order chi connectivity index (χ0) is 58.8. The monoisotopic (exact) mass is 1120 g/mol. The van der Waals surface area contributed by atoms with Crippen molar-refractivity contribution >= 4 is 52.3 Å². The summed E-state index contributed by atoms with van der Waals surface area (Å²) in [5.41, 5.74) is 6.24. The molecule has 0 unspecified atom stereocenters. The number of hydrogen-bond acceptors (Lipinski definition) is 9. The predicted octanol–water partition coefficient (Wildman–Crippen LogP) is 5.45. The number of phenolic OH excluding ortho intramolecular Hbond substituents is 1. The Morgan fingerprint density at radius 2 is 1.35 bits per heavy atom. The van der Waals surface area contributed by atoms with Gasteiger partial charge < -0.3 is 52.6 Å². The number of para-hydroxylation sites is 1. The molecule has 5 aromatic rings. The van der Waals surface area contributed by atoms with E-state index in [4.69, 9.17) is 5.73 Å². The second kappa shape index (κ2) is 26.3. The molecule has 0 radical (unpaired) electrons. The smallest absolute Gasteiger partial charge is 0.416 e. The molecule has 80 heavy (non-hydrogen) atoms. The first-order chi connectivity index (χ1) is 37.6. The number of carbonyl (C=O) groups is 7. The van der Waals surface area contributed by atoms with Gasteiger partial charge in [-0.15, -0.1) is 0 Å². The van der Waals surface area contributed by atoms with Crippen LogP contribution in [0.25, 0.3) is 10.9 Å². The van der Waals surface area contributed by atoms with Gasteiger partial charge in [-0.05, 0) is 134 Å². The number of nitrogens with two attached hydrogens (primary N) is 1. The van der Waals surface area contributed by atoms with E-state index in [1.165, 1.54) is 36.1 Å². The normalized spacial score (nSPS) is 15.6. The van der Waals surface area contributed by atoms with Gasteiger partial charge >= 0.3 is 12.4 Å². The number of amides is 7. The highest BCUT2D eigenvalue weighted by atomic mass is 19.4. The molecule has 17 nitrogen and oxygen atoms in total. The second-order valence-electron chi connectivity index (χ2n) is 20.4. The lowest BCUT2D eigenvalue weighted by Crippen LogP contribution is -2.59. The number of phenols is 1. The highest BCUT2D eigenvalue weighted by Crippen LogP contribution is 2.36. The Morgan fingerprint density at radius 3 is 1.98 bits per heavy atom. The van der Waals surface area contributed by atoms with E-state index in [1.807, 2.05) is 0 Å². The number of nitrogens with zero attached hydrogens (tertiary/aromatic N) is 1. The van der Waals surface area contributed by atoms with Crippen molar-refractivity contribution in [3.63, 3.8) is 0 Å². The quantitative estimate of drug-likeness (QED) is 0.0399. The zero-order valence-electron chi connectivity index (χ0n) is 44.5. The van der Waals surface area contributed by atoms with Gasteiger partial charge in [-0.25, -0.2) is 4.39 Å². The minimum Gasteiger partial charge on any atom is -0.508 e. The summed E-state index contributed by atoms with van der Waals surface area (Å²) in [5, 5.41) is 25.8. The molecule has 1 aliphatic heterocycles. The predicted molar refractivity (Wildman–Crippen MR) is 280 cm³/mol. The topological polar surface area (TPSA) is 257 Å². The van der Waals surface area contributed by atoms with Gasteiger partial charge in [0.05, 0.1) is 23.7 Å². The Balaban J connectivity index is 1.15. The molecule has 24 heteroatoms. The summed E-state index contributed by atoms with van der Waals surface area (Å²) in [6.45, 7) is 6.96. The number of aromatic nitrogens is 1. The molecule has 4 aromatic carbocycles. The van der Waals surface area contributed by atoms with E-state index >= 15 is 0 Å². The third kappa shape index (κ3) is 16.5. The van der Waals surface area contributed by atoms with Gasteiger partial charge in [0.2, 0.25) is 41.4 Å². The van der Waals surface area contributed by atoms with Gasteiger partial charge in [0.1, 0.15) is 41.8 Å². The van der Waals surface area contributed by atoms with Crippen LogP contribution in [0.4, 0.5) is 30.7 Å². The molecule has 0 spiro atoms. The minimum atomic E-state index is -5.15. The summed E-state index contributed by atoms with van der Waals surface area (Å²) >= 11 is 0. The van der Waals surface area contributed by atoms with Gasteiger partial charge in [-0.2, -0.15) is 26.3 Å². The van der Waals surface area contributed by atoms with E-state index < -0.39 is 126 Å². The molecule has 6 atom stereocenters. The molecule has 6 rings (SSSR count). The highest BCUT2D eigenvalue weighted by molar-refractivity contribution is 5.97. The number of aryl methyl sites for hydroxylation is 2. The van der Waals surface area contributed by atoms with Crippen molar-refractivity contribution in [2.75, 3.05) is 13.1 Å². The number of carbonyl (C=O) groups excluding carboxylic acids is 7. The standard InChI is InChI=1S/C56H64F7N9O8/c1-29(2)17-44(52(78)70-45(23-35-27-65-43-10-7-6-9-40(35)43)51(77)66-26-34-20-36(55(58,59)60)24-37(21-34)56(61,62)63)71-53(79)47-11-8-16-72(47)54(80)46(22-33-12-14-38(57)15-13-33)69-48(74)28-67-49(75)32(5)68-50(76)42(64)25-41-30(3)18-39(73)19-31(41)4/h6-7,9-10,12-15,18-21,24,27,29,32,42,44-47,65,73H,8,11,16-17,22-23,25-26,28,64H2,1-5H3,(H,66,77)(H,67,75)(H,68,76)(H,69,74)(H,70,78)(H,71,79)/t32-,42-,44-,45-,46-,47-/m0/s1. The van der Waals surface area contributed by atoms with Crippen molar-refractivity contribution in [2.24, 2.45) is 11.7 Å². The summed E-state index contributed by atoms with van der Waals surface area (Å²) < 4.78 is 96.2. The molecule has 0 bridgehead atoms. The third-order valence-corrected chi connectivity index (χ3v) is 13.6. The molecule has 1 fully saturated rings. The number of rotatable bonds is 22. The van der Waals surface area contributed by atoms with Crippen LogP contribution in [0.3, 0.4) is 0 Å². The summed E-state index contributed by atoms with van der Waals surface area (Å²) in [7, 11) is 0. The molecular formula is C56H64F7N9O8. The fourth-order valence-electron chi connectivity index (χ4n) is 9.52. The molecule has 7 amide bonds. The molecule has 0 saturated carbocycles. The van der Waals surface area contributed by atoms with Crippen LogP contribution in [0.2, 0.25) is 0 Å². The average Bonchev–Trinajstić information content (AvgIpc) is 4.07. The first-order valence-electron chi connectivity index (χ1n) is 25.8. The molecule has 1 aromatic heterocycles. The number of aromatic hydroxyl groups is 1. The lowest BCUT2D eigenvalue weighted by molar-refractivity contribution is -0.143. The van der Waals surface area contributed by atoms with Crippen LogP contribution in [-0.4, -0.2) is 106 Å². The largest absolute Gasteiger partial charge is 0.508 e. The fourth-order valence-corrected chi connectivity index (χ4v) is 9.52. The van der Waals surface area contributed by atoms with E-state index in [0.717, 1.165) is 17.7 Å². The zero-order valence-corrected chi connectivity index (χ0v) is 44.5. The fraction of sp³-hybridized carbons (Fsp3) is 0.411. The van der Waals surface area contributed by atoms with E-state index in [2.05, 4.69) is 36.9 Å². The Hall–Kier alpha value is -8.02. The summed E-state index contributed by atoms with van der Waals surface area (Å²) in [5.74, 6) is -6.40. The second-order valence-corrected chi connectivity index (χ2v) is 20.4. The Kier molecular flexibility index (Phi) is 20.1. The Morgan fingerprint density at radius 1 is 0.713 bits per heavy atom. The number of alkyl halides is 6. The van der Waals surface area contributed by atoms with E-state index in [1.54, 1.807) is 58.2 Å². The van der Waals surface area contributed by atoms with Crippen molar-refractivity contribution in [1.29, 1.82) is 0 Å². The Bertz CT molecular complexity index is 3020. The molecular weight excluding hydrogens is 1060 g/mol. The van der Waals surface area contributed by atoms with E-state index in [0.29, 0.717) is 51.7 Å². The van der Waals surface area contributed by atoms with Crippen LogP contribution in [0.5, 0.6) is 5.75 Å². The number of likely N-dealkylation sites (tertiary alicyclic amines) is 1. The van der Waals surface area contributed by atoms with Crippen molar-refractivity contribution < 1.29 is 69.4 Å². The van der Waals surface area contributed by atoms with Gasteiger partial charge in [0, 0.05) is 43.0 Å². The number of fused-ring (bicyclic) bond motifs is 1. The lowest BCUT2D eigenvalue weighted by atomic mass is 9.96. The van der Waals surface area contributed by atoms with Crippen molar-refractivity contribution in [3.8, 4) is 5.75 Å². The summed E-state index contributed by atoms with van der Waals surface area (Å²) in [4.78, 5) is 101. The lowest BCUT2D eigenvalue weighted by Gasteiger charge is -2.30. The van der Waals surface area contributed by atoms with Crippen LogP contribution >= 0.6 is 0 Å². The maximum absolute atomic E-state index is 14.5. The number of hydrogen-bond donors (Lipinski definition) is 9. The van der Waals surface area contributed by atoms with Crippen LogP contribution in [-0.2, 0) is 71.7 Å². The van der Waals surface area contributed by atoms with Crippen LogP contribution < -0.4 is 37.6 Å².